The van der Waals surface area contributed by atoms with Gasteiger partial charge >= 0.3 is 11.8 Å². The van der Waals surface area contributed by atoms with Crippen LogP contribution in [0.5, 0.6) is 0 Å². The molecule has 0 N–H and O–H groups in total. The van der Waals surface area contributed by atoms with Gasteiger partial charge in [-0.2, -0.15) is 0 Å². The van der Waals surface area contributed by atoms with E-state index in [1.54, 1.807) is 24.3 Å². The normalized spacial score (nSPS) is 14.6. The Morgan fingerprint density at radius 2 is 1.31 bits per heavy atom. The zero-order valence-electron chi connectivity index (χ0n) is 8.14. The molecule has 0 aliphatic carbocycles. The van der Waals surface area contributed by atoms with Crippen molar-refractivity contribution in [2.45, 2.75) is 0 Å². The Bertz CT molecular complexity index is 620. The summed E-state index contributed by atoms with van der Waals surface area (Å²) in [5, 5.41) is 1.37. The van der Waals surface area contributed by atoms with E-state index in [4.69, 9.17) is 0 Å². The summed E-state index contributed by atoms with van der Waals surface area (Å²) in [5.74, 6) is -1.57. The highest BCUT2D eigenvalue weighted by atomic mass is 16.3. The summed E-state index contributed by atoms with van der Waals surface area (Å²) in [6, 6.07) is 10.1. The molecule has 4 nitrogen and oxygen atoms in total. The summed E-state index contributed by atoms with van der Waals surface area (Å²) in [5.41, 5.74) is 0.588. The largest absolute Gasteiger partial charge is 0.476 e. The number of nitroso groups, excluding NO2 is 1. The molecule has 76 valence electrons. The van der Waals surface area contributed by atoms with Gasteiger partial charge < -0.3 is 0 Å². The number of imide groups is 1. The zero-order chi connectivity index (χ0) is 11.3. The molecule has 16 heavy (non-hydrogen) atoms. The zero-order valence-corrected chi connectivity index (χ0v) is 8.14. The van der Waals surface area contributed by atoms with Crippen molar-refractivity contribution in [3.63, 3.8) is 0 Å². The lowest BCUT2D eigenvalue weighted by molar-refractivity contribution is -0.350. The standard InChI is InChI=1S/C12H6NO3/c14-11-8-5-1-3-7-4-2-6-9(10(7)8)12(15)13(11)16/h1-6H/q+1. The van der Waals surface area contributed by atoms with Gasteiger partial charge in [-0.3, -0.25) is 0 Å². The van der Waals surface area contributed by atoms with E-state index in [0.29, 0.717) is 16.5 Å². The van der Waals surface area contributed by atoms with E-state index < -0.39 is 11.8 Å². The van der Waals surface area contributed by atoms with Gasteiger partial charge in [-0.05, 0) is 17.5 Å². The Hall–Kier alpha value is -2.36. The van der Waals surface area contributed by atoms with Crippen LogP contribution < -0.4 is 0 Å². The van der Waals surface area contributed by atoms with Crippen LogP contribution in [0.4, 0.5) is 0 Å². The number of hydrogen-bond donors (Lipinski definition) is 0. The third-order valence-corrected chi connectivity index (χ3v) is 2.73. The number of rotatable bonds is 0. The average molecular weight is 212 g/mol. The minimum Gasteiger partial charge on any atom is -0.209 e. The van der Waals surface area contributed by atoms with Gasteiger partial charge in [0, 0.05) is 10.3 Å². The molecule has 2 amide bonds. The molecule has 0 saturated carbocycles. The second-order valence-corrected chi connectivity index (χ2v) is 3.61. The van der Waals surface area contributed by atoms with E-state index >= 15 is 0 Å². The maximum absolute atomic E-state index is 11.6. The highest BCUT2D eigenvalue weighted by molar-refractivity contribution is 6.18. The second kappa shape index (κ2) is 2.82. The third kappa shape index (κ3) is 0.930. The quantitative estimate of drug-likeness (QED) is 0.495. The van der Waals surface area contributed by atoms with Crippen LogP contribution in [0.25, 0.3) is 10.8 Å². The molecule has 1 aliphatic rings. The topological polar surface area (TPSA) is 54.2 Å². The Morgan fingerprint density at radius 1 is 0.812 bits per heavy atom. The SMILES string of the molecule is O=C1c2cccc3cccc(c23)C(=O)[N+]1=O. The summed E-state index contributed by atoms with van der Waals surface area (Å²) >= 11 is 0. The van der Waals surface area contributed by atoms with Crippen LogP contribution in [-0.4, -0.2) is 16.6 Å². The first-order valence-electron chi connectivity index (χ1n) is 4.78. The third-order valence-electron chi connectivity index (χ3n) is 2.73. The van der Waals surface area contributed by atoms with Crippen LogP contribution in [0, 0.1) is 4.91 Å². The summed E-state index contributed by atoms with van der Waals surface area (Å²) < 4.78 is -0.0862. The van der Waals surface area contributed by atoms with Crippen molar-refractivity contribution in [3.8, 4) is 0 Å². The summed E-state index contributed by atoms with van der Waals surface area (Å²) in [6.07, 6.45) is 0. The maximum atomic E-state index is 11.6. The molecule has 2 aromatic carbocycles. The second-order valence-electron chi connectivity index (χ2n) is 3.61. The monoisotopic (exact) mass is 212 g/mol. The molecule has 0 atom stereocenters. The minimum absolute atomic E-state index is 0.0862. The highest BCUT2D eigenvalue weighted by Crippen LogP contribution is 2.27. The molecule has 0 aromatic heterocycles. The van der Waals surface area contributed by atoms with E-state index in [1.807, 2.05) is 12.1 Å². The van der Waals surface area contributed by atoms with Crippen LogP contribution in [0.2, 0.25) is 0 Å². The van der Waals surface area contributed by atoms with Crippen molar-refractivity contribution in [2.24, 2.45) is 0 Å². The lowest BCUT2D eigenvalue weighted by Crippen LogP contribution is -2.30. The van der Waals surface area contributed by atoms with Crippen molar-refractivity contribution < 1.29 is 14.3 Å². The smallest absolute Gasteiger partial charge is 0.209 e. The van der Waals surface area contributed by atoms with Crippen LogP contribution in [0.1, 0.15) is 20.7 Å². The molecule has 2 aromatic rings. The fraction of sp³-hybridized carbons (Fsp3) is 0. The van der Waals surface area contributed by atoms with Gasteiger partial charge in [0.15, 0.2) is 4.76 Å². The Labute approximate surface area is 90.1 Å². The Kier molecular flexibility index (Phi) is 1.57. The lowest BCUT2D eigenvalue weighted by Gasteiger charge is -2.07. The Morgan fingerprint density at radius 3 is 1.81 bits per heavy atom. The molecule has 3 rings (SSSR count). The summed E-state index contributed by atoms with van der Waals surface area (Å²) in [6.45, 7) is 0. The number of benzene rings is 2. The van der Waals surface area contributed by atoms with E-state index in [1.165, 1.54) is 0 Å². The maximum Gasteiger partial charge on any atom is 0.476 e. The van der Waals surface area contributed by atoms with Gasteiger partial charge in [0.1, 0.15) is 11.1 Å². The lowest BCUT2D eigenvalue weighted by atomic mass is 9.95. The number of carbonyl (C=O) groups excluding carboxylic acids is 2. The highest BCUT2D eigenvalue weighted by Gasteiger charge is 2.42. The molecule has 0 fully saturated rings. The Balaban J connectivity index is 2.57. The molecular formula is C12H6NO3+. The average Bonchev–Trinajstić information content (AvgIpc) is 2.33. The molecule has 0 radical (unpaired) electrons. The van der Waals surface area contributed by atoms with Crippen molar-refractivity contribution in [2.75, 3.05) is 0 Å². The number of nitrogens with zero attached hydrogens (tertiary/aromatic N) is 1. The fourth-order valence-corrected chi connectivity index (χ4v) is 2.01. The summed E-state index contributed by atoms with van der Waals surface area (Å²) in [7, 11) is 0. The number of amides is 2. The van der Waals surface area contributed by atoms with Crippen molar-refractivity contribution >= 4 is 22.6 Å². The van der Waals surface area contributed by atoms with Crippen LogP contribution in [0.15, 0.2) is 36.4 Å². The van der Waals surface area contributed by atoms with E-state index in [0.717, 1.165) is 5.39 Å². The molecule has 0 unspecified atom stereocenters. The number of hydrogen-bond acceptors (Lipinski definition) is 3. The fourth-order valence-electron chi connectivity index (χ4n) is 2.01. The van der Waals surface area contributed by atoms with Gasteiger partial charge in [0.05, 0.1) is 0 Å². The van der Waals surface area contributed by atoms with E-state index in [2.05, 4.69) is 0 Å². The molecule has 0 spiro atoms. The molecule has 4 heteroatoms. The molecular weight excluding hydrogens is 206 g/mol. The first-order chi connectivity index (χ1) is 7.70. The first kappa shape index (κ1) is 8.91. The van der Waals surface area contributed by atoms with Crippen LogP contribution in [0.3, 0.4) is 0 Å². The van der Waals surface area contributed by atoms with Gasteiger partial charge in [0.25, 0.3) is 0 Å². The number of carbonyl (C=O) groups is 2. The van der Waals surface area contributed by atoms with Crippen molar-refractivity contribution in [1.82, 2.24) is 0 Å². The molecule has 1 heterocycles. The predicted octanol–water partition coefficient (Wildman–Crippen LogP) is 1.91. The van der Waals surface area contributed by atoms with Crippen molar-refractivity contribution in [1.29, 1.82) is 0 Å². The van der Waals surface area contributed by atoms with Gasteiger partial charge in [-0.25, -0.2) is 9.59 Å². The van der Waals surface area contributed by atoms with E-state index in [9.17, 15) is 14.5 Å². The summed E-state index contributed by atoms with van der Waals surface area (Å²) in [4.78, 5) is 34.6. The first-order valence-corrected chi connectivity index (χ1v) is 4.78. The predicted molar refractivity (Wildman–Crippen MR) is 56.2 cm³/mol. The van der Waals surface area contributed by atoms with Crippen molar-refractivity contribution in [3.05, 3.63) is 52.4 Å². The molecule has 0 saturated heterocycles. The van der Waals surface area contributed by atoms with Gasteiger partial charge in [-0.15, -0.1) is 0 Å². The van der Waals surface area contributed by atoms with Crippen LogP contribution in [-0.2, 0) is 0 Å². The molecule has 1 aliphatic heterocycles. The van der Waals surface area contributed by atoms with E-state index in [-0.39, 0.29) is 4.76 Å². The van der Waals surface area contributed by atoms with Crippen LogP contribution >= 0.6 is 0 Å². The molecule has 0 bridgehead atoms. The van der Waals surface area contributed by atoms with Gasteiger partial charge in [-0.1, -0.05) is 24.3 Å². The minimum atomic E-state index is -0.783. The van der Waals surface area contributed by atoms with Gasteiger partial charge in [0.2, 0.25) is 0 Å².